The standard InChI is InChI=1S/C12H21N3O2/c1-8(2)12-14-6-11(10(5-13)15-12)17-9(3)7-16-4/h6,8-9H,5,7,13H2,1-4H3. The number of nitrogens with two attached hydrogens (primary N) is 1. The van der Waals surface area contributed by atoms with Gasteiger partial charge in [-0.05, 0) is 6.92 Å². The van der Waals surface area contributed by atoms with Crippen molar-refractivity contribution < 1.29 is 9.47 Å². The molecule has 0 aliphatic heterocycles. The first kappa shape index (κ1) is 13.9. The molecule has 2 N–H and O–H groups in total. The van der Waals surface area contributed by atoms with Crippen LogP contribution in [0.15, 0.2) is 6.20 Å². The number of aromatic nitrogens is 2. The number of ether oxygens (including phenoxy) is 2. The largest absolute Gasteiger partial charge is 0.485 e. The van der Waals surface area contributed by atoms with Crippen molar-refractivity contribution >= 4 is 0 Å². The minimum Gasteiger partial charge on any atom is -0.485 e. The fraction of sp³-hybridized carbons (Fsp3) is 0.667. The Kier molecular flexibility index (Phi) is 5.31. The maximum Gasteiger partial charge on any atom is 0.160 e. The van der Waals surface area contributed by atoms with E-state index in [0.717, 1.165) is 11.5 Å². The van der Waals surface area contributed by atoms with Gasteiger partial charge in [0.1, 0.15) is 11.9 Å². The maximum atomic E-state index is 5.68. The molecular weight excluding hydrogens is 218 g/mol. The Labute approximate surface area is 102 Å². The molecule has 1 heterocycles. The maximum absolute atomic E-state index is 5.68. The molecule has 0 aliphatic rings. The zero-order valence-electron chi connectivity index (χ0n) is 10.9. The highest BCUT2D eigenvalue weighted by Crippen LogP contribution is 2.19. The van der Waals surface area contributed by atoms with Gasteiger partial charge in [-0.3, -0.25) is 0 Å². The second-order valence-corrected chi connectivity index (χ2v) is 4.28. The van der Waals surface area contributed by atoms with Gasteiger partial charge in [-0.1, -0.05) is 13.8 Å². The van der Waals surface area contributed by atoms with Crippen LogP contribution in [-0.2, 0) is 11.3 Å². The molecule has 0 saturated heterocycles. The molecule has 0 saturated carbocycles. The zero-order valence-corrected chi connectivity index (χ0v) is 10.9. The van der Waals surface area contributed by atoms with Gasteiger partial charge in [0.05, 0.1) is 18.5 Å². The van der Waals surface area contributed by atoms with Gasteiger partial charge < -0.3 is 15.2 Å². The van der Waals surface area contributed by atoms with Crippen molar-refractivity contribution in [2.75, 3.05) is 13.7 Å². The fourth-order valence-electron chi connectivity index (χ4n) is 1.43. The number of rotatable bonds is 6. The third-order valence-electron chi connectivity index (χ3n) is 2.29. The predicted molar refractivity (Wildman–Crippen MR) is 66.0 cm³/mol. The molecule has 0 bridgehead atoms. The number of nitrogens with zero attached hydrogens (tertiary/aromatic N) is 2. The summed E-state index contributed by atoms with van der Waals surface area (Å²) in [6.07, 6.45) is 1.65. The smallest absolute Gasteiger partial charge is 0.160 e. The van der Waals surface area contributed by atoms with E-state index in [9.17, 15) is 0 Å². The molecule has 1 atom stereocenters. The quantitative estimate of drug-likeness (QED) is 0.814. The van der Waals surface area contributed by atoms with E-state index in [1.54, 1.807) is 13.3 Å². The van der Waals surface area contributed by atoms with Crippen LogP contribution in [-0.4, -0.2) is 29.8 Å². The molecule has 0 amide bonds. The van der Waals surface area contributed by atoms with E-state index in [2.05, 4.69) is 9.97 Å². The SMILES string of the molecule is COCC(C)Oc1cnc(C(C)C)nc1CN. The van der Waals surface area contributed by atoms with E-state index in [1.165, 1.54) is 0 Å². The van der Waals surface area contributed by atoms with Crippen molar-refractivity contribution in [2.45, 2.75) is 39.3 Å². The second kappa shape index (κ2) is 6.51. The highest BCUT2D eigenvalue weighted by molar-refractivity contribution is 5.25. The lowest BCUT2D eigenvalue weighted by molar-refractivity contribution is 0.0907. The number of hydrogen-bond donors (Lipinski definition) is 1. The van der Waals surface area contributed by atoms with Crippen LogP contribution in [0.2, 0.25) is 0 Å². The first-order chi connectivity index (χ1) is 8.08. The van der Waals surface area contributed by atoms with Crippen molar-refractivity contribution in [2.24, 2.45) is 5.73 Å². The summed E-state index contributed by atoms with van der Waals surface area (Å²) in [5.41, 5.74) is 6.41. The Bertz CT molecular complexity index is 356. The van der Waals surface area contributed by atoms with Crippen molar-refractivity contribution in [1.82, 2.24) is 9.97 Å². The third kappa shape index (κ3) is 3.94. The van der Waals surface area contributed by atoms with Gasteiger partial charge >= 0.3 is 0 Å². The molecule has 5 heteroatoms. The zero-order chi connectivity index (χ0) is 12.8. The molecule has 1 unspecified atom stereocenters. The van der Waals surface area contributed by atoms with Gasteiger partial charge in [-0.15, -0.1) is 0 Å². The van der Waals surface area contributed by atoms with Crippen molar-refractivity contribution in [3.63, 3.8) is 0 Å². The summed E-state index contributed by atoms with van der Waals surface area (Å²) in [5, 5.41) is 0. The monoisotopic (exact) mass is 239 g/mol. The Balaban J connectivity index is 2.85. The fourth-order valence-corrected chi connectivity index (χ4v) is 1.43. The van der Waals surface area contributed by atoms with Crippen molar-refractivity contribution in [3.8, 4) is 5.75 Å². The first-order valence-electron chi connectivity index (χ1n) is 5.80. The molecular formula is C12H21N3O2. The van der Waals surface area contributed by atoms with Gasteiger partial charge in [0.2, 0.25) is 0 Å². The van der Waals surface area contributed by atoms with Crippen LogP contribution in [0.5, 0.6) is 5.75 Å². The average molecular weight is 239 g/mol. The van der Waals surface area contributed by atoms with E-state index in [1.807, 2.05) is 20.8 Å². The second-order valence-electron chi connectivity index (χ2n) is 4.28. The molecule has 1 aromatic rings. The Morgan fingerprint density at radius 3 is 2.59 bits per heavy atom. The van der Waals surface area contributed by atoms with Crippen molar-refractivity contribution in [3.05, 3.63) is 17.7 Å². The van der Waals surface area contributed by atoms with Crippen molar-refractivity contribution in [1.29, 1.82) is 0 Å². The van der Waals surface area contributed by atoms with E-state index in [4.69, 9.17) is 15.2 Å². The Morgan fingerprint density at radius 2 is 2.06 bits per heavy atom. The summed E-state index contributed by atoms with van der Waals surface area (Å²) in [4.78, 5) is 8.67. The van der Waals surface area contributed by atoms with E-state index >= 15 is 0 Å². The summed E-state index contributed by atoms with van der Waals surface area (Å²) in [6.45, 7) is 6.89. The minimum absolute atomic E-state index is 0.0428. The summed E-state index contributed by atoms with van der Waals surface area (Å²) in [6, 6.07) is 0. The predicted octanol–water partition coefficient (Wildman–Crippen LogP) is 1.47. The molecule has 0 fully saturated rings. The molecule has 0 aliphatic carbocycles. The van der Waals surface area contributed by atoms with Gasteiger partial charge in [-0.25, -0.2) is 9.97 Å². The lowest BCUT2D eigenvalue weighted by atomic mass is 10.2. The highest BCUT2D eigenvalue weighted by atomic mass is 16.5. The average Bonchev–Trinajstić information content (AvgIpc) is 2.29. The first-order valence-corrected chi connectivity index (χ1v) is 5.80. The van der Waals surface area contributed by atoms with Crippen LogP contribution in [0.25, 0.3) is 0 Å². The lowest BCUT2D eigenvalue weighted by Gasteiger charge is -2.16. The third-order valence-corrected chi connectivity index (χ3v) is 2.29. The van der Waals surface area contributed by atoms with Crippen LogP contribution >= 0.6 is 0 Å². The minimum atomic E-state index is -0.0428. The topological polar surface area (TPSA) is 70.3 Å². The highest BCUT2D eigenvalue weighted by Gasteiger charge is 2.12. The molecule has 96 valence electrons. The van der Waals surface area contributed by atoms with E-state index in [0.29, 0.717) is 18.9 Å². The molecule has 0 spiro atoms. The van der Waals surface area contributed by atoms with Gasteiger partial charge in [-0.2, -0.15) is 0 Å². The van der Waals surface area contributed by atoms with E-state index < -0.39 is 0 Å². The summed E-state index contributed by atoms with van der Waals surface area (Å²) in [5.74, 6) is 1.71. The van der Waals surface area contributed by atoms with Crippen LogP contribution < -0.4 is 10.5 Å². The summed E-state index contributed by atoms with van der Waals surface area (Å²) >= 11 is 0. The van der Waals surface area contributed by atoms with Crippen LogP contribution in [0.4, 0.5) is 0 Å². The Morgan fingerprint density at radius 1 is 1.35 bits per heavy atom. The summed E-state index contributed by atoms with van der Waals surface area (Å²) < 4.78 is 10.7. The molecule has 1 rings (SSSR count). The molecule has 5 nitrogen and oxygen atoms in total. The Hall–Kier alpha value is -1.20. The number of hydrogen-bond acceptors (Lipinski definition) is 5. The molecule has 17 heavy (non-hydrogen) atoms. The van der Waals surface area contributed by atoms with Gasteiger partial charge in [0.25, 0.3) is 0 Å². The molecule has 1 aromatic heterocycles. The van der Waals surface area contributed by atoms with E-state index in [-0.39, 0.29) is 12.0 Å². The molecule has 0 radical (unpaired) electrons. The lowest BCUT2D eigenvalue weighted by Crippen LogP contribution is -2.20. The van der Waals surface area contributed by atoms with Gasteiger partial charge in [0.15, 0.2) is 5.75 Å². The van der Waals surface area contributed by atoms with Gasteiger partial charge in [0, 0.05) is 19.6 Å². The summed E-state index contributed by atoms with van der Waals surface area (Å²) in [7, 11) is 1.64. The molecule has 0 aromatic carbocycles. The van der Waals surface area contributed by atoms with Crippen LogP contribution in [0.3, 0.4) is 0 Å². The number of methoxy groups -OCH3 is 1. The van der Waals surface area contributed by atoms with Crippen LogP contribution in [0, 0.1) is 0 Å². The normalized spacial score (nSPS) is 12.8. The van der Waals surface area contributed by atoms with Crippen LogP contribution in [0.1, 0.15) is 38.2 Å².